The summed E-state index contributed by atoms with van der Waals surface area (Å²) in [6, 6.07) is 0.548. The van der Waals surface area contributed by atoms with Gasteiger partial charge in [0.1, 0.15) is 11.4 Å². The minimum absolute atomic E-state index is 0.190. The van der Waals surface area contributed by atoms with E-state index in [0.717, 1.165) is 25.6 Å². The summed E-state index contributed by atoms with van der Waals surface area (Å²) in [7, 11) is 1.81. The van der Waals surface area contributed by atoms with Crippen molar-refractivity contribution in [3.8, 4) is 0 Å². The fourth-order valence-electron chi connectivity index (χ4n) is 2.69. The Labute approximate surface area is 88.9 Å². The molecule has 2 N–H and O–H groups in total. The Morgan fingerprint density at radius 1 is 1.53 bits per heavy atom. The number of rotatable bonds is 1. The molecule has 5 heteroatoms. The molecule has 0 aromatic rings. The maximum absolute atomic E-state index is 11.5. The normalized spacial score (nSPS) is 36.7. The van der Waals surface area contributed by atoms with Gasteiger partial charge in [-0.05, 0) is 19.3 Å². The predicted octanol–water partition coefficient (Wildman–Crippen LogP) is 0.0159. The van der Waals surface area contributed by atoms with Crippen LogP contribution in [0.25, 0.3) is 0 Å². The summed E-state index contributed by atoms with van der Waals surface area (Å²) >= 11 is 0. The molecule has 2 fully saturated rings. The monoisotopic (exact) mass is 208 g/mol. The van der Waals surface area contributed by atoms with E-state index in [4.69, 9.17) is 5.73 Å². The molecule has 1 spiro atoms. The Hall–Kier alpha value is -1.10. The zero-order valence-electron chi connectivity index (χ0n) is 8.94. The highest BCUT2D eigenvalue weighted by molar-refractivity contribution is 6.06. The number of amides is 2. The van der Waals surface area contributed by atoms with Gasteiger partial charge in [0.05, 0.1) is 0 Å². The second-order valence-electron chi connectivity index (χ2n) is 4.82. The Balaban J connectivity index is 1.85. The minimum atomic E-state index is -0.292. The molecule has 2 heterocycles. The van der Waals surface area contributed by atoms with E-state index in [1.165, 1.54) is 12.8 Å². The number of carbonyl (C=O) groups excluding carboxylic acids is 1. The molecule has 3 aliphatic rings. The summed E-state index contributed by atoms with van der Waals surface area (Å²) in [5.41, 5.74) is 5.61. The standard InChI is InChI=1S/C10H16N4O/c1-13-9(15)12-8(11)10(13)4-5-14(6-10)7-2-3-7/h7H,2-6H2,1H3,(H2,11,12,15). The van der Waals surface area contributed by atoms with Gasteiger partial charge in [-0.3, -0.25) is 4.90 Å². The van der Waals surface area contributed by atoms with Crippen molar-refractivity contribution in [2.75, 3.05) is 20.1 Å². The Morgan fingerprint density at radius 2 is 2.27 bits per heavy atom. The van der Waals surface area contributed by atoms with Gasteiger partial charge in [0.25, 0.3) is 0 Å². The molecule has 1 saturated carbocycles. The number of amidine groups is 1. The van der Waals surface area contributed by atoms with E-state index in [2.05, 4.69) is 9.89 Å². The van der Waals surface area contributed by atoms with Gasteiger partial charge >= 0.3 is 6.03 Å². The van der Waals surface area contributed by atoms with Crippen molar-refractivity contribution in [3.63, 3.8) is 0 Å². The van der Waals surface area contributed by atoms with Crippen molar-refractivity contribution in [2.24, 2.45) is 10.7 Å². The zero-order valence-corrected chi connectivity index (χ0v) is 8.94. The van der Waals surface area contributed by atoms with Crippen molar-refractivity contribution in [3.05, 3.63) is 0 Å². The molecule has 82 valence electrons. The first-order valence-corrected chi connectivity index (χ1v) is 5.50. The van der Waals surface area contributed by atoms with Gasteiger partial charge in [-0.25, -0.2) is 4.79 Å². The second kappa shape index (κ2) is 2.72. The highest BCUT2D eigenvalue weighted by Crippen LogP contribution is 2.37. The summed E-state index contributed by atoms with van der Waals surface area (Å²) in [5, 5.41) is 0. The molecule has 1 atom stereocenters. The van der Waals surface area contributed by atoms with Crippen LogP contribution in [0.2, 0.25) is 0 Å². The van der Waals surface area contributed by atoms with Gasteiger partial charge in [-0.15, -0.1) is 0 Å². The molecule has 0 radical (unpaired) electrons. The molecule has 0 bridgehead atoms. The number of urea groups is 1. The minimum Gasteiger partial charge on any atom is -0.385 e. The predicted molar refractivity (Wildman–Crippen MR) is 56.7 cm³/mol. The van der Waals surface area contributed by atoms with Crippen LogP contribution in [0, 0.1) is 0 Å². The number of likely N-dealkylation sites (N-methyl/N-ethyl adjacent to an activating group) is 1. The lowest BCUT2D eigenvalue weighted by Gasteiger charge is -2.31. The van der Waals surface area contributed by atoms with E-state index in [1.54, 1.807) is 4.90 Å². The number of hydrogen-bond donors (Lipinski definition) is 1. The van der Waals surface area contributed by atoms with Gasteiger partial charge < -0.3 is 10.6 Å². The van der Waals surface area contributed by atoms with Gasteiger partial charge in [0.15, 0.2) is 0 Å². The molecule has 15 heavy (non-hydrogen) atoms. The van der Waals surface area contributed by atoms with Gasteiger partial charge in [0, 0.05) is 26.2 Å². The third kappa shape index (κ3) is 1.13. The molecule has 1 saturated heterocycles. The number of hydrogen-bond acceptors (Lipinski definition) is 3. The van der Waals surface area contributed by atoms with Gasteiger partial charge in [0.2, 0.25) is 0 Å². The van der Waals surface area contributed by atoms with E-state index in [-0.39, 0.29) is 11.6 Å². The number of likely N-dealkylation sites (tertiary alicyclic amines) is 1. The Bertz CT molecular complexity index is 349. The van der Waals surface area contributed by atoms with Gasteiger partial charge in [-0.1, -0.05) is 0 Å². The van der Waals surface area contributed by atoms with Crippen molar-refractivity contribution in [1.29, 1.82) is 0 Å². The largest absolute Gasteiger partial charge is 0.385 e. The fraction of sp³-hybridized carbons (Fsp3) is 0.800. The van der Waals surface area contributed by atoms with Crippen LogP contribution in [-0.4, -0.2) is 53.4 Å². The van der Waals surface area contributed by atoms with Crippen LogP contribution in [0.3, 0.4) is 0 Å². The topological polar surface area (TPSA) is 61.9 Å². The first-order valence-electron chi connectivity index (χ1n) is 5.50. The van der Waals surface area contributed by atoms with Crippen LogP contribution >= 0.6 is 0 Å². The molecule has 1 unspecified atom stereocenters. The number of aliphatic imine (C=N–C) groups is 1. The highest BCUT2D eigenvalue weighted by Gasteiger charge is 2.52. The molecular formula is C10H16N4O. The molecule has 0 aromatic carbocycles. The second-order valence-corrected chi connectivity index (χ2v) is 4.82. The number of nitrogens with two attached hydrogens (primary N) is 1. The van der Waals surface area contributed by atoms with Crippen LogP contribution in [0.1, 0.15) is 19.3 Å². The van der Waals surface area contributed by atoms with Crippen molar-refractivity contribution < 1.29 is 4.79 Å². The van der Waals surface area contributed by atoms with Crippen molar-refractivity contribution in [1.82, 2.24) is 9.80 Å². The van der Waals surface area contributed by atoms with E-state index in [0.29, 0.717) is 5.84 Å². The smallest absolute Gasteiger partial charge is 0.345 e. The SMILES string of the molecule is CN1C(=O)N=C(N)C12CCN(C1CC1)C2. The summed E-state index contributed by atoms with van der Waals surface area (Å²) in [6.45, 7) is 1.91. The Kier molecular flexibility index (Phi) is 1.66. The van der Waals surface area contributed by atoms with Crippen molar-refractivity contribution >= 4 is 11.9 Å². The molecule has 5 nitrogen and oxygen atoms in total. The molecule has 0 aromatic heterocycles. The summed E-state index contributed by atoms with van der Waals surface area (Å²) in [6.07, 6.45) is 3.52. The third-order valence-corrected chi connectivity index (χ3v) is 3.96. The highest BCUT2D eigenvalue weighted by atomic mass is 16.2. The van der Waals surface area contributed by atoms with E-state index >= 15 is 0 Å². The number of carbonyl (C=O) groups is 1. The number of nitrogens with zero attached hydrogens (tertiary/aromatic N) is 3. The maximum Gasteiger partial charge on any atom is 0.345 e. The van der Waals surface area contributed by atoms with Crippen LogP contribution in [0.4, 0.5) is 4.79 Å². The Morgan fingerprint density at radius 3 is 2.80 bits per heavy atom. The first-order chi connectivity index (χ1) is 7.13. The summed E-state index contributed by atoms with van der Waals surface area (Å²) in [5.74, 6) is 0.512. The average molecular weight is 208 g/mol. The van der Waals surface area contributed by atoms with E-state index in [9.17, 15) is 4.79 Å². The lowest BCUT2D eigenvalue weighted by atomic mass is 9.97. The van der Waals surface area contributed by atoms with Crippen LogP contribution < -0.4 is 5.73 Å². The van der Waals surface area contributed by atoms with Crippen molar-refractivity contribution in [2.45, 2.75) is 30.8 Å². The molecule has 2 amide bonds. The molecular weight excluding hydrogens is 192 g/mol. The van der Waals surface area contributed by atoms with E-state index < -0.39 is 0 Å². The van der Waals surface area contributed by atoms with Crippen LogP contribution in [-0.2, 0) is 0 Å². The zero-order chi connectivity index (χ0) is 10.6. The molecule has 1 aliphatic carbocycles. The van der Waals surface area contributed by atoms with Gasteiger partial charge in [-0.2, -0.15) is 4.99 Å². The van der Waals surface area contributed by atoms with E-state index in [1.807, 2.05) is 7.05 Å². The van der Waals surface area contributed by atoms with Crippen LogP contribution in [0.5, 0.6) is 0 Å². The first kappa shape index (κ1) is 9.15. The third-order valence-electron chi connectivity index (χ3n) is 3.96. The summed E-state index contributed by atoms with van der Waals surface area (Å²) < 4.78 is 0. The summed E-state index contributed by atoms with van der Waals surface area (Å²) in [4.78, 5) is 19.5. The average Bonchev–Trinajstić information content (AvgIpc) is 2.92. The molecule has 2 aliphatic heterocycles. The maximum atomic E-state index is 11.5. The van der Waals surface area contributed by atoms with Crippen LogP contribution in [0.15, 0.2) is 4.99 Å². The lowest BCUT2D eigenvalue weighted by molar-refractivity contribution is 0.188. The quantitative estimate of drug-likeness (QED) is 0.660. The fourth-order valence-corrected chi connectivity index (χ4v) is 2.69. The lowest BCUT2D eigenvalue weighted by Crippen LogP contribution is -2.54. The molecule has 3 rings (SSSR count).